The highest BCUT2D eigenvalue weighted by Crippen LogP contribution is 2.32. The first-order valence-corrected chi connectivity index (χ1v) is 12.7. The van der Waals surface area contributed by atoms with Gasteiger partial charge in [-0.15, -0.1) is 0 Å². The van der Waals surface area contributed by atoms with Crippen LogP contribution in [0.5, 0.6) is 0 Å². The quantitative estimate of drug-likeness (QED) is 0.582. The first-order valence-electron chi connectivity index (χ1n) is 10.8. The van der Waals surface area contributed by atoms with Gasteiger partial charge in [0.05, 0.1) is 16.3 Å². The summed E-state index contributed by atoms with van der Waals surface area (Å²) < 4.78 is 27.6. The number of anilines is 3. The third kappa shape index (κ3) is 5.19. The Hall–Kier alpha value is -2.16. The summed E-state index contributed by atoms with van der Waals surface area (Å²) in [4.78, 5) is 2.55. The molecule has 0 bridgehead atoms. The molecule has 1 aliphatic rings. The molecular weight excluding hydrogens is 428 g/mol. The molecule has 0 spiro atoms. The minimum absolute atomic E-state index is 0.274. The molecular formula is C23H32N4O2S2. The third-order valence-corrected chi connectivity index (χ3v) is 8.11. The average molecular weight is 461 g/mol. The van der Waals surface area contributed by atoms with Crippen molar-refractivity contribution in [2.24, 2.45) is 0 Å². The molecule has 3 rings (SSSR count). The minimum Gasteiger partial charge on any atom is -0.370 e. The lowest BCUT2D eigenvalue weighted by Gasteiger charge is -2.25. The predicted molar refractivity (Wildman–Crippen MR) is 134 cm³/mol. The van der Waals surface area contributed by atoms with E-state index in [1.807, 2.05) is 39.0 Å². The number of benzene rings is 2. The van der Waals surface area contributed by atoms with Gasteiger partial charge in [0.15, 0.2) is 5.11 Å². The zero-order chi connectivity index (χ0) is 22.6. The molecule has 1 saturated heterocycles. The number of nitrogens with one attached hydrogen (secondary N) is 2. The molecule has 1 heterocycles. The topological polar surface area (TPSA) is 64.7 Å². The highest BCUT2D eigenvalue weighted by Gasteiger charge is 2.24. The van der Waals surface area contributed by atoms with Crippen molar-refractivity contribution in [1.29, 1.82) is 0 Å². The van der Waals surface area contributed by atoms with E-state index in [9.17, 15) is 8.42 Å². The molecule has 0 unspecified atom stereocenters. The SMILES string of the molecule is CCN(CC)S(=O)(=O)c1ccc(N2CCCC2)c(NC(=S)Nc2cccc(C)c2C)c1. The highest BCUT2D eigenvalue weighted by molar-refractivity contribution is 7.89. The van der Waals surface area contributed by atoms with Gasteiger partial charge >= 0.3 is 0 Å². The molecule has 2 N–H and O–H groups in total. The maximum absolute atomic E-state index is 13.1. The summed E-state index contributed by atoms with van der Waals surface area (Å²) in [6.45, 7) is 10.6. The van der Waals surface area contributed by atoms with Crippen LogP contribution < -0.4 is 15.5 Å². The largest absolute Gasteiger partial charge is 0.370 e. The lowest BCUT2D eigenvalue weighted by molar-refractivity contribution is 0.445. The van der Waals surface area contributed by atoms with Crippen molar-refractivity contribution in [1.82, 2.24) is 4.31 Å². The number of aryl methyl sites for hydroxylation is 1. The summed E-state index contributed by atoms with van der Waals surface area (Å²) in [6, 6.07) is 11.3. The normalized spacial score (nSPS) is 14.2. The molecule has 2 aromatic carbocycles. The molecule has 8 heteroatoms. The van der Waals surface area contributed by atoms with Crippen molar-refractivity contribution in [2.75, 3.05) is 41.7 Å². The Morgan fingerprint density at radius 1 is 1.03 bits per heavy atom. The number of hydrogen-bond donors (Lipinski definition) is 2. The van der Waals surface area contributed by atoms with Crippen molar-refractivity contribution in [2.45, 2.75) is 45.4 Å². The second-order valence-corrected chi connectivity index (χ2v) is 10.1. The first-order chi connectivity index (χ1) is 14.8. The standard InChI is InChI=1S/C23H32N4O2S2/c1-5-27(6-2)31(28,29)19-12-13-22(26-14-7-8-15-26)21(16-19)25-23(30)24-20-11-9-10-17(3)18(20)4/h9-13,16H,5-8,14-15H2,1-4H3,(H2,24,25,30). The van der Waals surface area contributed by atoms with Crippen molar-refractivity contribution >= 4 is 44.4 Å². The van der Waals surface area contributed by atoms with Crippen molar-refractivity contribution < 1.29 is 8.42 Å². The molecule has 0 radical (unpaired) electrons. The van der Waals surface area contributed by atoms with Gasteiger partial charge in [-0.05, 0) is 74.3 Å². The number of rotatable bonds is 7. The summed E-state index contributed by atoms with van der Waals surface area (Å²) in [7, 11) is -3.56. The van der Waals surface area contributed by atoms with Crippen LogP contribution in [0.3, 0.4) is 0 Å². The fourth-order valence-corrected chi connectivity index (χ4v) is 5.59. The number of nitrogens with zero attached hydrogens (tertiary/aromatic N) is 2. The van der Waals surface area contributed by atoms with E-state index in [2.05, 4.69) is 28.5 Å². The summed E-state index contributed by atoms with van der Waals surface area (Å²) >= 11 is 5.59. The monoisotopic (exact) mass is 460 g/mol. The summed E-state index contributed by atoms with van der Waals surface area (Å²) in [6.07, 6.45) is 2.26. The van der Waals surface area contributed by atoms with Crippen molar-refractivity contribution in [3.05, 3.63) is 47.5 Å². The molecule has 1 aliphatic heterocycles. The molecule has 0 atom stereocenters. The zero-order valence-corrected chi connectivity index (χ0v) is 20.4. The summed E-state index contributed by atoms with van der Waals surface area (Å²) in [5.41, 5.74) is 4.92. The van der Waals surface area contributed by atoms with Crippen LogP contribution in [0, 0.1) is 13.8 Å². The van der Waals surface area contributed by atoms with Gasteiger partial charge in [0.1, 0.15) is 0 Å². The summed E-state index contributed by atoms with van der Waals surface area (Å²) in [5, 5.41) is 6.96. The minimum atomic E-state index is -3.56. The molecule has 168 valence electrons. The van der Waals surface area contributed by atoms with Gasteiger partial charge in [-0.1, -0.05) is 26.0 Å². The number of thiocarbonyl (C=S) groups is 1. The molecule has 0 saturated carbocycles. The van der Waals surface area contributed by atoms with Crippen LogP contribution in [0.4, 0.5) is 17.1 Å². The van der Waals surface area contributed by atoms with E-state index in [0.717, 1.165) is 42.9 Å². The fraction of sp³-hybridized carbons (Fsp3) is 0.435. The van der Waals surface area contributed by atoms with E-state index < -0.39 is 10.0 Å². The highest BCUT2D eigenvalue weighted by atomic mass is 32.2. The van der Waals surface area contributed by atoms with Gasteiger partial charge in [-0.25, -0.2) is 8.42 Å². The van der Waals surface area contributed by atoms with Crippen LogP contribution in [-0.4, -0.2) is 44.0 Å². The Bertz CT molecular complexity index is 1040. The molecule has 6 nitrogen and oxygen atoms in total. The van der Waals surface area contributed by atoms with E-state index in [1.54, 1.807) is 12.1 Å². The second kappa shape index (κ2) is 9.97. The van der Waals surface area contributed by atoms with Crippen LogP contribution in [0.1, 0.15) is 37.8 Å². The van der Waals surface area contributed by atoms with E-state index in [-0.39, 0.29) is 4.90 Å². The van der Waals surface area contributed by atoms with E-state index in [0.29, 0.717) is 23.9 Å². The molecule has 1 fully saturated rings. The van der Waals surface area contributed by atoms with Gasteiger partial charge in [0, 0.05) is 31.9 Å². The van der Waals surface area contributed by atoms with E-state index in [1.165, 1.54) is 9.87 Å². The maximum atomic E-state index is 13.1. The van der Waals surface area contributed by atoms with Crippen LogP contribution >= 0.6 is 12.2 Å². The van der Waals surface area contributed by atoms with Gasteiger partial charge in [0.25, 0.3) is 0 Å². The Morgan fingerprint density at radius 3 is 2.32 bits per heavy atom. The van der Waals surface area contributed by atoms with Gasteiger partial charge in [0.2, 0.25) is 10.0 Å². The lowest BCUT2D eigenvalue weighted by Crippen LogP contribution is -2.31. The van der Waals surface area contributed by atoms with Gasteiger partial charge in [-0.3, -0.25) is 0 Å². The van der Waals surface area contributed by atoms with E-state index in [4.69, 9.17) is 12.2 Å². The second-order valence-electron chi connectivity index (χ2n) is 7.79. The Balaban J connectivity index is 1.93. The molecule has 0 amide bonds. The fourth-order valence-electron chi connectivity index (χ4n) is 3.88. The zero-order valence-electron chi connectivity index (χ0n) is 18.7. The Labute approximate surface area is 191 Å². The van der Waals surface area contributed by atoms with E-state index >= 15 is 0 Å². The molecule has 0 aromatic heterocycles. The summed E-state index contributed by atoms with van der Waals surface area (Å²) in [5.74, 6) is 0. The number of sulfonamides is 1. The molecule has 2 aromatic rings. The Morgan fingerprint density at radius 2 is 1.68 bits per heavy atom. The predicted octanol–water partition coefficient (Wildman–Crippen LogP) is 4.74. The van der Waals surface area contributed by atoms with Crippen LogP contribution in [0.2, 0.25) is 0 Å². The van der Waals surface area contributed by atoms with Crippen molar-refractivity contribution in [3.63, 3.8) is 0 Å². The number of hydrogen-bond acceptors (Lipinski definition) is 4. The maximum Gasteiger partial charge on any atom is 0.243 e. The van der Waals surface area contributed by atoms with Gasteiger partial charge in [-0.2, -0.15) is 4.31 Å². The lowest BCUT2D eigenvalue weighted by atomic mass is 10.1. The third-order valence-electron chi connectivity index (χ3n) is 5.86. The smallest absolute Gasteiger partial charge is 0.243 e. The van der Waals surface area contributed by atoms with Crippen molar-refractivity contribution in [3.8, 4) is 0 Å². The Kier molecular flexibility index (Phi) is 7.56. The van der Waals surface area contributed by atoms with Crippen LogP contribution in [-0.2, 0) is 10.0 Å². The average Bonchev–Trinajstić information content (AvgIpc) is 3.26. The van der Waals surface area contributed by atoms with Crippen LogP contribution in [0.15, 0.2) is 41.3 Å². The first kappa shape index (κ1) is 23.5. The van der Waals surface area contributed by atoms with Crippen LogP contribution in [0.25, 0.3) is 0 Å². The molecule has 0 aliphatic carbocycles. The van der Waals surface area contributed by atoms with Gasteiger partial charge < -0.3 is 15.5 Å². The molecule has 31 heavy (non-hydrogen) atoms.